The highest BCUT2D eigenvalue weighted by molar-refractivity contribution is 5.76. The van der Waals surface area contributed by atoms with Crippen LogP contribution in [0.15, 0.2) is 0 Å². The van der Waals surface area contributed by atoms with E-state index in [0.717, 1.165) is 38.5 Å². The zero-order valence-corrected chi connectivity index (χ0v) is 31.3. The number of carbonyl (C=O) groups excluding carboxylic acids is 1. The number of nitrogens with one attached hydrogen (secondary N) is 1. The largest absolute Gasteiger partial charge is 0.394 e. The second-order valence-corrected chi connectivity index (χ2v) is 14.6. The third kappa shape index (κ3) is 22.9. The van der Waals surface area contributed by atoms with E-state index in [0.29, 0.717) is 6.42 Å². The van der Waals surface area contributed by atoms with Gasteiger partial charge in [0.05, 0.1) is 25.4 Å². The van der Waals surface area contributed by atoms with Crippen molar-refractivity contribution >= 4 is 5.91 Å². The summed E-state index contributed by atoms with van der Waals surface area (Å²) in [6.45, 7) is 3.42. The van der Waals surface area contributed by atoms with E-state index in [9.17, 15) is 35.4 Å². The molecule has 0 aromatic heterocycles. The van der Waals surface area contributed by atoms with Gasteiger partial charge in [0, 0.05) is 6.42 Å². The minimum atomic E-state index is -1.60. The Balaban J connectivity index is 0.0000240. The van der Waals surface area contributed by atoms with Crippen LogP contribution < -0.4 is 5.32 Å². The lowest BCUT2D eigenvalue weighted by molar-refractivity contribution is -0.303. The van der Waals surface area contributed by atoms with Gasteiger partial charge in [0.25, 0.3) is 0 Å². The Hall–Kier alpha value is -0.850. The van der Waals surface area contributed by atoms with Gasteiger partial charge in [-0.1, -0.05) is 169 Å². The molecule has 7 N–H and O–H groups in total. The number of ether oxygens (including phenoxy) is 2. The van der Waals surface area contributed by atoms with Gasteiger partial charge >= 0.3 is 0 Å². The summed E-state index contributed by atoms with van der Waals surface area (Å²) in [5, 5.41) is 64.1. The smallest absolute Gasteiger partial charge is 0.220 e. The van der Waals surface area contributed by atoms with Crippen LogP contribution in [-0.2, 0) is 14.3 Å². The van der Waals surface area contributed by atoms with Gasteiger partial charge in [-0.2, -0.15) is 0 Å². The van der Waals surface area contributed by atoms with Crippen LogP contribution in [0.1, 0.15) is 188 Å². The normalized spacial score (nSPS) is 22.5. The van der Waals surface area contributed by atoms with Gasteiger partial charge in [-0.25, -0.2) is 0 Å². The average molecular weight is 720 g/mol. The molecule has 0 spiro atoms. The Bertz CT molecular complexity index is 758. The Labute approximate surface area is 306 Å². The maximum Gasteiger partial charge on any atom is 0.220 e. The summed E-state index contributed by atoms with van der Waals surface area (Å²) in [6.07, 6.45) is 20.8. The first-order valence-electron chi connectivity index (χ1n) is 20.3. The van der Waals surface area contributed by atoms with E-state index >= 15 is 0 Å². The molecule has 5 unspecified atom stereocenters. The molecule has 8 atom stereocenters. The highest BCUT2D eigenvalue weighted by atomic mass is 16.7. The summed E-state index contributed by atoms with van der Waals surface area (Å²) in [5.41, 5.74) is 0. The van der Waals surface area contributed by atoms with Crippen molar-refractivity contribution in [2.75, 3.05) is 13.2 Å². The van der Waals surface area contributed by atoms with Gasteiger partial charge in [-0.3, -0.25) is 4.79 Å². The highest BCUT2D eigenvalue weighted by Gasteiger charge is 2.44. The predicted octanol–water partition coefficient (Wildman–Crippen LogP) is 6.83. The molecule has 1 heterocycles. The summed E-state index contributed by atoms with van der Waals surface area (Å²) >= 11 is 0. The van der Waals surface area contributed by atoms with Crippen molar-refractivity contribution in [3.63, 3.8) is 0 Å². The number of rotatable bonds is 33. The van der Waals surface area contributed by atoms with E-state index in [2.05, 4.69) is 12.2 Å². The van der Waals surface area contributed by atoms with Crippen molar-refractivity contribution in [3.8, 4) is 0 Å². The molecule has 1 saturated heterocycles. The molecule has 1 aliphatic heterocycles. The van der Waals surface area contributed by atoms with Crippen LogP contribution in [0.5, 0.6) is 0 Å². The number of amides is 1. The lowest BCUT2D eigenvalue weighted by Gasteiger charge is -2.40. The van der Waals surface area contributed by atoms with Gasteiger partial charge in [-0.15, -0.1) is 0 Å². The summed E-state index contributed by atoms with van der Waals surface area (Å²) < 4.78 is 11.0. The molecule has 1 amide bonds. The number of carbonyl (C=O) groups is 1. The molecule has 1 rings (SSSR count). The highest BCUT2D eigenvalue weighted by Crippen LogP contribution is 2.23. The summed E-state index contributed by atoms with van der Waals surface area (Å²) in [6, 6.07) is -0.980. The van der Waals surface area contributed by atoms with Crippen LogP contribution in [0.4, 0.5) is 0 Å². The third-order valence-corrected chi connectivity index (χ3v) is 10.1. The van der Waals surface area contributed by atoms with Crippen LogP contribution in [0.25, 0.3) is 0 Å². The molecule has 10 nitrogen and oxygen atoms in total. The van der Waals surface area contributed by atoms with Crippen molar-refractivity contribution in [1.29, 1.82) is 0 Å². The summed E-state index contributed by atoms with van der Waals surface area (Å²) in [5.74, 6) is -0.264. The minimum absolute atomic E-state index is 0. The summed E-state index contributed by atoms with van der Waals surface area (Å²) in [4.78, 5) is 12.8. The molecular weight excluding hydrogens is 638 g/mol. The van der Waals surface area contributed by atoms with Crippen molar-refractivity contribution in [2.45, 2.75) is 237 Å². The molecule has 0 bridgehead atoms. The maximum atomic E-state index is 12.8. The molecule has 0 radical (unpaired) electrons. The molecular formula is C40H81NO9. The van der Waals surface area contributed by atoms with Crippen LogP contribution in [0.2, 0.25) is 0 Å². The SMILES string of the molecule is C.CCCCCCCCCCCCCCCCCCCCCCCC(=O)N[C@@H](COC1OC(CO)C(O)C(O)C1O)[C@H](O)[C@H](O)CCCCC. The van der Waals surface area contributed by atoms with Crippen LogP contribution in [-0.4, -0.2) is 98.7 Å². The number of aliphatic hydroxyl groups excluding tert-OH is 6. The fourth-order valence-corrected chi connectivity index (χ4v) is 6.67. The molecule has 1 fully saturated rings. The lowest BCUT2D eigenvalue weighted by Crippen LogP contribution is -2.60. The molecule has 10 heteroatoms. The van der Waals surface area contributed by atoms with Crippen molar-refractivity contribution in [1.82, 2.24) is 5.32 Å². The number of hydrogen-bond acceptors (Lipinski definition) is 9. The van der Waals surface area contributed by atoms with Gasteiger partial charge in [0.15, 0.2) is 6.29 Å². The minimum Gasteiger partial charge on any atom is -0.394 e. The van der Waals surface area contributed by atoms with E-state index in [1.54, 1.807) is 0 Å². The van der Waals surface area contributed by atoms with Crippen LogP contribution >= 0.6 is 0 Å². The second kappa shape index (κ2) is 32.8. The standard InChI is InChI=1S/C39H77NO9.CH4/c1-3-5-7-8-9-10-11-12-13-14-15-16-17-18-19-20-21-22-23-24-26-28-34(43)40-31(35(44)32(42)27-25-6-4-2)30-48-39-38(47)37(46)36(45)33(29-41)49-39;/h31-33,35-39,41-42,44-47H,3-30H2,1-2H3,(H,40,43);1H4/t31-,32+,33?,35-,36?,37?,38?,39?;/m0./s1. The first kappa shape index (κ1) is 49.1. The number of unbranched alkanes of at least 4 members (excludes halogenated alkanes) is 22. The van der Waals surface area contributed by atoms with E-state index in [4.69, 9.17) is 9.47 Å². The van der Waals surface area contributed by atoms with E-state index in [1.807, 2.05) is 6.92 Å². The van der Waals surface area contributed by atoms with E-state index < -0.39 is 55.6 Å². The van der Waals surface area contributed by atoms with Gasteiger partial charge < -0.3 is 45.4 Å². The molecule has 300 valence electrons. The van der Waals surface area contributed by atoms with Crippen molar-refractivity contribution in [2.24, 2.45) is 0 Å². The summed E-state index contributed by atoms with van der Waals surface area (Å²) in [7, 11) is 0. The average Bonchev–Trinajstić information content (AvgIpc) is 3.10. The third-order valence-electron chi connectivity index (χ3n) is 10.1. The fraction of sp³-hybridized carbons (Fsp3) is 0.975. The van der Waals surface area contributed by atoms with Crippen molar-refractivity contribution in [3.05, 3.63) is 0 Å². The van der Waals surface area contributed by atoms with Crippen molar-refractivity contribution < 1.29 is 44.9 Å². The van der Waals surface area contributed by atoms with Gasteiger partial charge in [-0.05, 0) is 12.8 Å². The predicted molar refractivity (Wildman–Crippen MR) is 202 cm³/mol. The van der Waals surface area contributed by atoms with Gasteiger partial charge in [0.2, 0.25) is 5.91 Å². The molecule has 0 saturated carbocycles. The molecule has 0 aromatic carbocycles. The quantitative estimate of drug-likeness (QED) is 0.0360. The Morgan fingerprint density at radius 3 is 1.50 bits per heavy atom. The number of aliphatic hydroxyl groups is 6. The maximum absolute atomic E-state index is 12.8. The zero-order valence-electron chi connectivity index (χ0n) is 31.3. The Morgan fingerprint density at radius 1 is 0.640 bits per heavy atom. The first-order chi connectivity index (χ1) is 23.8. The zero-order chi connectivity index (χ0) is 36.1. The first-order valence-corrected chi connectivity index (χ1v) is 20.3. The molecule has 0 aromatic rings. The van der Waals surface area contributed by atoms with E-state index in [1.165, 1.54) is 116 Å². The monoisotopic (exact) mass is 720 g/mol. The second-order valence-electron chi connectivity index (χ2n) is 14.6. The van der Waals surface area contributed by atoms with Crippen LogP contribution in [0.3, 0.4) is 0 Å². The fourth-order valence-electron chi connectivity index (χ4n) is 6.67. The lowest BCUT2D eigenvalue weighted by atomic mass is 9.99. The van der Waals surface area contributed by atoms with Crippen LogP contribution in [0, 0.1) is 0 Å². The van der Waals surface area contributed by atoms with E-state index in [-0.39, 0.29) is 26.4 Å². The Morgan fingerprint density at radius 2 is 1.06 bits per heavy atom. The molecule has 0 aliphatic carbocycles. The topological polar surface area (TPSA) is 169 Å². The van der Waals surface area contributed by atoms with Gasteiger partial charge in [0.1, 0.15) is 30.5 Å². The number of hydrogen-bond donors (Lipinski definition) is 7. The molecule has 1 aliphatic rings. The molecule has 50 heavy (non-hydrogen) atoms. The Kier molecular flexibility index (Phi) is 32.2.